The monoisotopic (exact) mass is 520 g/mol. The van der Waals surface area contributed by atoms with Crippen molar-refractivity contribution in [1.82, 2.24) is 40.0 Å². The number of aromatic amines is 1. The quantitative estimate of drug-likeness (QED) is 0.265. The molecular weight excluding hydrogens is 493 g/mol. The van der Waals surface area contributed by atoms with E-state index in [1.807, 2.05) is 35.0 Å². The number of nitrogens with one attached hydrogen (secondary N) is 1. The standard InChI is InChI=1S/C27H27F3N8/c1-2-3-9-25-31-24(17-12-19-7-5-4-6-8-19)34-37(25)18-20-10-13-21(14-11-20)38-22(26-32-35-36-33-26)15-16-23(38)27(28,29)30/h4-8,10-11,13-16H,2-3,9,12,17-18H2,1H3,(H,32,33,35,36). The summed E-state index contributed by atoms with van der Waals surface area (Å²) in [5.41, 5.74) is 1.91. The molecule has 0 amide bonds. The van der Waals surface area contributed by atoms with Crippen molar-refractivity contribution in [2.45, 2.75) is 51.7 Å². The highest BCUT2D eigenvalue weighted by Gasteiger charge is 2.36. The summed E-state index contributed by atoms with van der Waals surface area (Å²) in [6.45, 7) is 2.61. The molecule has 3 heterocycles. The summed E-state index contributed by atoms with van der Waals surface area (Å²) < 4.78 is 44.3. The first-order chi connectivity index (χ1) is 18.4. The second kappa shape index (κ2) is 11.0. The van der Waals surface area contributed by atoms with Crippen LogP contribution in [-0.4, -0.2) is 40.0 Å². The van der Waals surface area contributed by atoms with Crippen molar-refractivity contribution >= 4 is 0 Å². The molecule has 1 N–H and O–H groups in total. The van der Waals surface area contributed by atoms with E-state index in [2.05, 4.69) is 39.7 Å². The summed E-state index contributed by atoms with van der Waals surface area (Å²) in [5, 5.41) is 18.1. The third-order valence-electron chi connectivity index (χ3n) is 6.31. The van der Waals surface area contributed by atoms with E-state index in [0.717, 1.165) is 59.9 Å². The molecule has 0 aliphatic heterocycles. The Bertz CT molecular complexity index is 1450. The fraction of sp³-hybridized carbons (Fsp3) is 0.296. The Morgan fingerprint density at radius 1 is 0.868 bits per heavy atom. The second-order valence-corrected chi connectivity index (χ2v) is 9.04. The lowest BCUT2D eigenvalue weighted by atomic mass is 10.1. The highest BCUT2D eigenvalue weighted by molar-refractivity contribution is 5.57. The fourth-order valence-electron chi connectivity index (χ4n) is 4.39. The average Bonchev–Trinajstić information content (AvgIpc) is 3.67. The molecule has 0 spiro atoms. The van der Waals surface area contributed by atoms with E-state index in [9.17, 15) is 13.2 Å². The number of hydrogen-bond donors (Lipinski definition) is 1. The molecule has 196 valence electrons. The molecule has 8 nitrogen and oxygen atoms in total. The van der Waals surface area contributed by atoms with Crippen molar-refractivity contribution in [2.24, 2.45) is 0 Å². The van der Waals surface area contributed by atoms with Crippen LogP contribution < -0.4 is 0 Å². The number of aromatic nitrogens is 8. The van der Waals surface area contributed by atoms with Gasteiger partial charge in [-0.3, -0.25) is 0 Å². The molecule has 0 aliphatic carbocycles. The minimum Gasteiger partial charge on any atom is -0.302 e. The molecule has 0 radical (unpaired) electrons. The number of aryl methyl sites for hydroxylation is 3. The molecule has 38 heavy (non-hydrogen) atoms. The van der Waals surface area contributed by atoms with Gasteiger partial charge in [0.05, 0.1) is 12.2 Å². The Morgan fingerprint density at radius 2 is 1.66 bits per heavy atom. The molecule has 0 fully saturated rings. The third kappa shape index (κ3) is 5.66. The van der Waals surface area contributed by atoms with Crippen LogP contribution in [0, 0.1) is 0 Å². The number of nitrogens with zero attached hydrogens (tertiary/aromatic N) is 7. The molecule has 11 heteroatoms. The summed E-state index contributed by atoms with van der Waals surface area (Å²) in [7, 11) is 0. The lowest BCUT2D eigenvalue weighted by molar-refractivity contribution is -0.142. The molecule has 5 aromatic rings. The van der Waals surface area contributed by atoms with E-state index in [-0.39, 0.29) is 11.5 Å². The molecule has 0 saturated heterocycles. The van der Waals surface area contributed by atoms with E-state index in [0.29, 0.717) is 12.2 Å². The first-order valence-corrected chi connectivity index (χ1v) is 12.5. The van der Waals surface area contributed by atoms with Gasteiger partial charge in [0.1, 0.15) is 11.5 Å². The second-order valence-electron chi connectivity index (χ2n) is 9.04. The van der Waals surface area contributed by atoms with Crippen LogP contribution >= 0.6 is 0 Å². The molecule has 0 bridgehead atoms. The largest absolute Gasteiger partial charge is 0.431 e. The van der Waals surface area contributed by atoms with Crippen LogP contribution in [-0.2, 0) is 32.0 Å². The SMILES string of the molecule is CCCCc1nc(CCc2ccccc2)nn1Cc1ccc(-n2c(-c3nnn[nH]3)ccc2C(F)(F)F)cc1. The summed E-state index contributed by atoms with van der Waals surface area (Å²) in [6.07, 6.45) is -0.0864. The van der Waals surface area contributed by atoms with Crippen LogP contribution in [0.2, 0.25) is 0 Å². The topological polar surface area (TPSA) is 90.1 Å². The Hall–Kier alpha value is -4.28. The molecule has 0 unspecified atom stereocenters. The zero-order chi connectivity index (χ0) is 26.5. The van der Waals surface area contributed by atoms with Crippen molar-refractivity contribution in [3.8, 4) is 17.2 Å². The Labute approximate surface area is 217 Å². The number of unbranched alkanes of at least 4 members (excludes halogenated alkanes) is 1. The number of alkyl halides is 3. The summed E-state index contributed by atoms with van der Waals surface area (Å²) in [6, 6.07) is 19.6. The van der Waals surface area contributed by atoms with Crippen LogP contribution in [0.5, 0.6) is 0 Å². The van der Waals surface area contributed by atoms with Crippen molar-refractivity contribution in [3.63, 3.8) is 0 Å². The number of halogens is 3. The van der Waals surface area contributed by atoms with Crippen molar-refractivity contribution < 1.29 is 13.2 Å². The van der Waals surface area contributed by atoms with E-state index in [4.69, 9.17) is 10.1 Å². The van der Waals surface area contributed by atoms with Crippen molar-refractivity contribution in [3.05, 3.63) is 95.2 Å². The lowest BCUT2D eigenvalue weighted by Crippen LogP contribution is -2.13. The number of hydrogen-bond acceptors (Lipinski definition) is 5. The number of rotatable bonds is 10. The highest BCUT2D eigenvalue weighted by atomic mass is 19.4. The predicted molar refractivity (Wildman–Crippen MR) is 136 cm³/mol. The van der Waals surface area contributed by atoms with Crippen LogP contribution in [0.15, 0.2) is 66.7 Å². The van der Waals surface area contributed by atoms with Gasteiger partial charge in [-0.15, -0.1) is 5.10 Å². The van der Waals surface area contributed by atoms with Gasteiger partial charge in [-0.25, -0.2) is 14.8 Å². The Kier molecular flexibility index (Phi) is 7.34. The zero-order valence-corrected chi connectivity index (χ0v) is 20.9. The van der Waals surface area contributed by atoms with Gasteiger partial charge >= 0.3 is 6.18 Å². The van der Waals surface area contributed by atoms with Gasteiger partial charge in [-0.2, -0.15) is 18.3 Å². The van der Waals surface area contributed by atoms with Gasteiger partial charge in [0.2, 0.25) is 0 Å². The molecule has 5 rings (SSSR count). The normalized spacial score (nSPS) is 11.8. The fourth-order valence-corrected chi connectivity index (χ4v) is 4.39. The predicted octanol–water partition coefficient (Wildman–Crippen LogP) is 5.44. The van der Waals surface area contributed by atoms with Crippen molar-refractivity contribution in [2.75, 3.05) is 0 Å². The maximum Gasteiger partial charge on any atom is 0.431 e. The van der Waals surface area contributed by atoms with Crippen LogP contribution in [0.25, 0.3) is 17.2 Å². The first kappa shape index (κ1) is 25.4. The minimum atomic E-state index is -4.55. The van der Waals surface area contributed by atoms with E-state index < -0.39 is 11.9 Å². The number of H-pyrrole nitrogens is 1. The van der Waals surface area contributed by atoms with E-state index in [1.165, 1.54) is 11.6 Å². The number of benzene rings is 2. The average molecular weight is 521 g/mol. The molecule has 3 aromatic heterocycles. The molecule has 0 saturated carbocycles. The molecular formula is C27H27F3N8. The van der Waals surface area contributed by atoms with Gasteiger partial charge in [0.25, 0.3) is 0 Å². The summed E-state index contributed by atoms with van der Waals surface area (Å²) >= 11 is 0. The highest BCUT2D eigenvalue weighted by Crippen LogP contribution is 2.35. The smallest absolute Gasteiger partial charge is 0.302 e. The van der Waals surface area contributed by atoms with E-state index in [1.54, 1.807) is 12.1 Å². The van der Waals surface area contributed by atoms with Gasteiger partial charge in [0.15, 0.2) is 11.6 Å². The maximum atomic E-state index is 13.8. The van der Waals surface area contributed by atoms with Gasteiger partial charge < -0.3 is 4.57 Å². The van der Waals surface area contributed by atoms with Crippen LogP contribution in [0.1, 0.15) is 48.2 Å². The molecule has 2 aromatic carbocycles. The minimum absolute atomic E-state index is 0.149. The Balaban J connectivity index is 1.39. The third-order valence-corrected chi connectivity index (χ3v) is 6.31. The molecule has 0 atom stereocenters. The molecule has 0 aliphatic rings. The number of tetrazole rings is 1. The van der Waals surface area contributed by atoms with Gasteiger partial charge in [-0.05, 0) is 58.7 Å². The van der Waals surface area contributed by atoms with Crippen molar-refractivity contribution in [1.29, 1.82) is 0 Å². The maximum absolute atomic E-state index is 13.8. The summed E-state index contributed by atoms with van der Waals surface area (Å²) in [5.74, 6) is 1.86. The van der Waals surface area contributed by atoms with Gasteiger partial charge in [0, 0.05) is 18.5 Å². The van der Waals surface area contributed by atoms with Crippen LogP contribution in [0.3, 0.4) is 0 Å². The van der Waals surface area contributed by atoms with Crippen LogP contribution in [0.4, 0.5) is 13.2 Å². The zero-order valence-electron chi connectivity index (χ0n) is 20.9. The van der Waals surface area contributed by atoms with Gasteiger partial charge in [-0.1, -0.05) is 55.8 Å². The Morgan fingerprint density at radius 3 is 2.34 bits per heavy atom. The lowest BCUT2D eigenvalue weighted by Gasteiger charge is -2.15. The first-order valence-electron chi connectivity index (χ1n) is 12.5. The summed E-state index contributed by atoms with van der Waals surface area (Å²) in [4.78, 5) is 4.80. The van der Waals surface area contributed by atoms with E-state index >= 15 is 0 Å².